The van der Waals surface area contributed by atoms with E-state index in [1.54, 1.807) is 7.11 Å². The minimum atomic E-state index is 0.633. The van der Waals surface area contributed by atoms with Gasteiger partial charge in [-0.3, -0.25) is 0 Å². The normalized spacial score (nSPS) is 10.7. The van der Waals surface area contributed by atoms with Crippen LogP contribution in [-0.2, 0) is 6.54 Å². The van der Waals surface area contributed by atoms with Gasteiger partial charge in [-0.25, -0.2) is 0 Å². The number of rotatable bonds is 9. The van der Waals surface area contributed by atoms with Crippen molar-refractivity contribution in [3.63, 3.8) is 0 Å². The van der Waals surface area contributed by atoms with Gasteiger partial charge in [0.15, 0.2) is 0 Å². The molecule has 0 saturated heterocycles. The SMILES string of the molecule is C=C(C)CCOc1ccc(OC)cc1CNCC(C)C. The summed E-state index contributed by atoms with van der Waals surface area (Å²) in [5.41, 5.74) is 2.27. The number of hydrogen-bond donors (Lipinski definition) is 1. The lowest BCUT2D eigenvalue weighted by molar-refractivity contribution is 0.316. The number of methoxy groups -OCH3 is 1. The molecule has 0 aliphatic heterocycles. The molecule has 112 valence electrons. The molecule has 20 heavy (non-hydrogen) atoms. The first-order valence-corrected chi connectivity index (χ1v) is 7.17. The smallest absolute Gasteiger partial charge is 0.124 e. The molecule has 1 N–H and O–H groups in total. The van der Waals surface area contributed by atoms with Crippen molar-refractivity contribution in [2.24, 2.45) is 5.92 Å². The Balaban J connectivity index is 2.67. The van der Waals surface area contributed by atoms with E-state index in [-0.39, 0.29) is 0 Å². The molecule has 0 heterocycles. The van der Waals surface area contributed by atoms with Gasteiger partial charge in [0.1, 0.15) is 11.5 Å². The molecular formula is C17H27NO2. The maximum absolute atomic E-state index is 5.85. The molecule has 0 radical (unpaired) electrons. The molecule has 0 fully saturated rings. The molecule has 0 amide bonds. The molecule has 3 heteroatoms. The maximum atomic E-state index is 5.85. The van der Waals surface area contributed by atoms with Crippen LogP contribution >= 0.6 is 0 Å². The van der Waals surface area contributed by atoms with Gasteiger partial charge in [0.2, 0.25) is 0 Å². The maximum Gasteiger partial charge on any atom is 0.124 e. The van der Waals surface area contributed by atoms with Crippen LogP contribution in [0.25, 0.3) is 0 Å². The summed E-state index contributed by atoms with van der Waals surface area (Å²) in [6, 6.07) is 5.94. The molecule has 0 spiro atoms. The summed E-state index contributed by atoms with van der Waals surface area (Å²) in [6.07, 6.45) is 0.880. The van der Waals surface area contributed by atoms with Crippen molar-refractivity contribution in [3.05, 3.63) is 35.9 Å². The highest BCUT2D eigenvalue weighted by molar-refractivity contribution is 5.40. The highest BCUT2D eigenvalue weighted by Gasteiger charge is 2.06. The average Bonchev–Trinajstić information content (AvgIpc) is 2.39. The predicted molar refractivity (Wildman–Crippen MR) is 84.5 cm³/mol. The van der Waals surface area contributed by atoms with Crippen LogP contribution < -0.4 is 14.8 Å². The van der Waals surface area contributed by atoms with E-state index in [1.165, 1.54) is 0 Å². The Kier molecular flexibility index (Phi) is 7.16. The van der Waals surface area contributed by atoms with Crippen molar-refractivity contribution < 1.29 is 9.47 Å². The second-order valence-corrected chi connectivity index (χ2v) is 5.55. The molecule has 0 aliphatic carbocycles. The van der Waals surface area contributed by atoms with E-state index in [2.05, 4.69) is 25.7 Å². The molecule has 1 aromatic carbocycles. The predicted octanol–water partition coefficient (Wildman–Crippen LogP) is 3.79. The van der Waals surface area contributed by atoms with Crippen LogP contribution in [0.5, 0.6) is 11.5 Å². The second-order valence-electron chi connectivity index (χ2n) is 5.55. The molecule has 0 atom stereocenters. The first-order chi connectivity index (χ1) is 9.52. The fourth-order valence-electron chi connectivity index (χ4n) is 1.79. The lowest BCUT2D eigenvalue weighted by Gasteiger charge is -2.14. The zero-order chi connectivity index (χ0) is 15.0. The fourth-order valence-corrected chi connectivity index (χ4v) is 1.79. The van der Waals surface area contributed by atoms with E-state index in [4.69, 9.17) is 9.47 Å². The molecule has 3 nitrogen and oxygen atoms in total. The summed E-state index contributed by atoms with van der Waals surface area (Å²) in [7, 11) is 1.68. The Morgan fingerprint density at radius 2 is 2.10 bits per heavy atom. The number of ether oxygens (including phenoxy) is 2. The standard InChI is InChI=1S/C17H27NO2/c1-13(2)8-9-20-17-7-6-16(19-5)10-15(17)12-18-11-14(3)4/h6-7,10,14,18H,1,8-9,11-12H2,2-5H3. The van der Waals surface area contributed by atoms with Crippen molar-refractivity contribution >= 4 is 0 Å². The van der Waals surface area contributed by atoms with Gasteiger partial charge in [0.05, 0.1) is 13.7 Å². The minimum Gasteiger partial charge on any atom is -0.497 e. The molecule has 0 aromatic heterocycles. The first-order valence-electron chi connectivity index (χ1n) is 7.17. The van der Waals surface area contributed by atoms with Crippen LogP contribution in [0.3, 0.4) is 0 Å². The van der Waals surface area contributed by atoms with Gasteiger partial charge >= 0.3 is 0 Å². The molecule has 0 aliphatic rings. The largest absolute Gasteiger partial charge is 0.497 e. The van der Waals surface area contributed by atoms with Gasteiger partial charge in [-0.05, 0) is 37.6 Å². The fraction of sp³-hybridized carbons (Fsp3) is 0.529. The van der Waals surface area contributed by atoms with E-state index in [0.29, 0.717) is 12.5 Å². The molecule has 1 rings (SSSR count). The lowest BCUT2D eigenvalue weighted by atomic mass is 10.1. The van der Waals surface area contributed by atoms with E-state index in [0.717, 1.165) is 42.1 Å². The van der Waals surface area contributed by atoms with Gasteiger partial charge in [-0.2, -0.15) is 0 Å². The highest BCUT2D eigenvalue weighted by Crippen LogP contribution is 2.24. The Bertz CT molecular complexity index is 427. The van der Waals surface area contributed by atoms with Crippen molar-refractivity contribution in [3.8, 4) is 11.5 Å². The van der Waals surface area contributed by atoms with Crippen LogP contribution in [-0.4, -0.2) is 20.3 Å². The van der Waals surface area contributed by atoms with Crippen LogP contribution in [0.2, 0.25) is 0 Å². The summed E-state index contributed by atoms with van der Waals surface area (Å²) >= 11 is 0. The van der Waals surface area contributed by atoms with E-state index < -0.39 is 0 Å². The van der Waals surface area contributed by atoms with E-state index in [1.807, 2.05) is 25.1 Å². The summed E-state index contributed by atoms with van der Waals surface area (Å²) in [5, 5.41) is 3.44. The van der Waals surface area contributed by atoms with Crippen LogP contribution in [0.4, 0.5) is 0 Å². The van der Waals surface area contributed by atoms with Gasteiger partial charge in [0, 0.05) is 18.5 Å². The zero-order valence-corrected chi connectivity index (χ0v) is 13.2. The first kappa shape index (κ1) is 16.6. The van der Waals surface area contributed by atoms with Crippen molar-refractivity contribution in [1.29, 1.82) is 0 Å². The molecular weight excluding hydrogens is 250 g/mol. The topological polar surface area (TPSA) is 30.5 Å². The highest BCUT2D eigenvalue weighted by atomic mass is 16.5. The third kappa shape index (κ3) is 6.11. The molecule has 0 saturated carbocycles. The number of hydrogen-bond acceptors (Lipinski definition) is 3. The molecule has 0 bridgehead atoms. The lowest BCUT2D eigenvalue weighted by Crippen LogP contribution is -2.19. The third-order valence-electron chi connectivity index (χ3n) is 2.92. The molecule has 0 unspecified atom stereocenters. The molecule has 1 aromatic rings. The van der Waals surface area contributed by atoms with Gasteiger partial charge in [-0.15, -0.1) is 6.58 Å². The van der Waals surface area contributed by atoms with Gasteiger partial charge in [-0.1, -0.05) is 19.4 Å². The Labute approximate surface area is 123 Å². The number of benzene rings is 1. The van der Waals surface area contributed by atoms with E-state index in [9.17, 15) is 0 Å². The van der Waals surface area contributed by atoms with Crippen LogP contribution in [0, 0.1) is 5.92 Å². The summed E-state index contributed by atoms with van der Waals surface area (Å²) < 4.78 is 11.1. The Morgan fingerprint density at radius 3 is 2.70 bits per heavy atom. The zero-order valence-electron chi connectivity index (χ0n) is 13.2. The average molecular weight is 277 g/mol. The van der Waals surface area contributed by atoms with Crippen molar-refractivity contribution in [1.82, 2.24) is 5.32 Å². The summed E-state index contributed by atoms with van der Waals surface area (Å²) in [5.74, 6) is 2.41. The second kappa shape index (κ2) is 8.64. The van der Waals surface area contributed by atoms with Crippen molar-refractivity contribution in [2.45, 2.75) is 33.7 Å². The monoisotopic (exact) mass is 277 g/mol. The summed E-state index contributed by atoms with van der Waals surface area (Å²) in [6.45, 7) is 12.7. The van der Waals surface area contributed by atoms with E-state index >= 15 is 0 Å². The van der Waals surface area contributed by atoms with Crippen LogP contribution in [0.1, 0.15) is 32.8 Å². The number of nitrogens with one attached hydrogen (secondary N) is 1. The van der Waals surface area contributed by atoms with Gasteiger partial charge in [0.25, 0.3) is 0 Å². The Morgan fingerprint density at radius 1 is 1.35 bits per heavy atom. The minimum absolute atomic E-state index is 0.633. The third-order valence-corrected chi connectivity index (χ3v) is 2.92. The Hall–Kier alpha value is -1.48. The van der Waals surface area contributed by atoms with Crippen molar-refractivity contribution in [2.75, 3.05) is 20.3 Å². The van der Waals surface area contributed by atoms with Crippen LogP contribution in [0.15, 0.2) is 30.4 Å². The summed E-state index contributed by atoms with van der Waals surface area (Å²) in [4.78, 5) is 0. The van der Waals surface area contributed by atoms with Gasteiger partial charge < -0.3 is 14.8 Å². The quantitative estimate of drug-likeness (QED) is 0.697.